The van der Waals surface area contributed by atoms with Gasteiger partial charge < -0.3 is 5.32 Å². The van der Waals surface area contributed by atoms with E-state index in [1.165, 1.54) is 31.4 Å². The van der Waals surface area contributed by atoms with E-state index in [1.807, 2.05) is 0 Å². The lowest BCUT2D eigenvalue weighted by molar-refractivity contribution is 0.248. The van der Waals surface area contributed by atoms with Crippen molar-refractivity contribution in [3.05, 3.63) is 35.4 Å². The summed E-state index contributed by atoms with van der Waals surface area (Å²) in [5, 5.41) is 4.89. The molecule has 1 aromatic carbocycles. The Labute approximate surface area is 127 Å². The monoisotopic (exact) mass is 289 g/mol. The maximum atomic E-state index is 4.00. The highest BCUT2D eigenvalue weighted by Crippen LogP contribution is 2.46. The molecule has 1 aromatic rings. The van der Waals surface area contributed by atoms with Gasteiger partial charge in [0.1, 0.15) is 0 Å². The Morgan fingerprint density at radius 2 is 2.05 bits per heavy atom. The molecule has 0 spiro atoms. The van der Waals surface area contributed by atoms with Crippen LogP contribution in [0, 0.1) is 5.41 Å². The van der Waals surface area contributed by atoms with Crippen molar-refractivity contribution >= 4 is 11.8 Å². The molecule has 0 saturated heterocycles. The third-order valence-electron chi connectivity index (χ3n) is 4.98. The van der Waals surface area contributed by atoms with Crippen LogP contribution >= 0.6 is 11.8 Å². The standard InChI is InChI=1S/C18H27NS/c1-4-20-15-10-9-14(11-15)19-17-16-8-6-5-7-13(16)12-18(17,2)3/h5-8,14-15,17,19H,4,9-12H2,1-3H3. The average molecular weight is 289 g/mol. The number of nitrogens with one attached hydrogen (secondary N) is 1. The first kappa shape index (κ1) is 14.5. The van der Waals surface area contributed by atoms with Crippen molar-refractivity contribution < 1.29 is 0 Å². The van der Waals surface area contributed by atoms with Gasteiger partial charge in [-0.1, -0.05) is 45.0 Å². The molecular formula is C18H27NS. The van der Waals surface area contributed by atoms with E-state index in [4.69, 9.17) is 0 Å². The van der Waals surface area contributed by atoms with Crippen LogP contribution in [0.5, 0.6) is 0 Å². The van der Waals surface area contributed by atoms with Crippen LogP contribution < -0.4 is 5.32 Å². The van der Waals surface area contributed by atoms with E-state index in [9.17, 15) is 0 Å². The maximum Gasteiger partial charge on any atom is 0.0380 e. The van der Waals surface area contributed by atoms with Crippen LogP contribution in [0.1, 0.15) is 57.2 Å². The Balaban J connectivity index is 1.71. The van der Waals surface area contributed by atoms with Gasteiger partial charge in [-0.05, 0) is 48.0 Å². The average Bonchev–Trinajstić information content (AvgIpc) is 2.94. The van der Waals surface area contributed by atoms with Crippen LogP contribution in [-0.2, 0) is 6.42 Å². The fourth-order valence-electron chi connectivity index (χ4n) is 4.02. The molecule has 2 aliphatic rings. The Bertz CT molecular complexity index is 468. The van der Waals surface area contributed by atoms with Gasteiger partial charge in [-0.15, -0.1) is 0 Å². The quantitative estimate of drug-likeness (QED) is 0.871. The molecule has 1 nitrogen and oxygen atoms in total. The fourth-order valence-corrected chi connectivity index (χ4v) is 5.16. The Kier molecular flexibility index (Phi) is 4.14. The Morgan fingerprint density at radius 3 is 2.85 bits per heavy atom. The first-order valence-electron chi connectivity index (χ1n) is 8.05. The van der Waals surface area contributed by atoms with Gasteiger partial charge in [-0.2, -0.15) is 11.8 Å². The Morgan fingerprint density at radius 1 is 1.25 bits per heavy atom. The summed E-state index contributed by atoms with van der Waals surface area (Å²) in [6.45, 7) is 7.11. The molecule has 2 aliphatic carbocycles. The number of thioether (sulfide) groups is 1. The van der Waals surface area contributed by atoms with Gasteiger partial charge in [-0.25, -0.2) is 0 Å². The van der Waals surface area contributed by atoms with Gasteiger partial charge in [0, 0.05) is 17.3 Å². The Hall–Kier alpha value is -0.470. The normalized spacial score (nSPS) is 31.4. The summed E-state index contributed by atoms with van der Waals surface area (Å²) in [5.74, 6) is 1.26. The molecule has 0 heterocycles. The molecule has 1 fully saturated rings. The van der Waals surface area contributed by atoms with Crippen molar-refractivity contribution in [1.29, 1.82) is 0 Å². The lowest BCUT2D eigenvalue weighted by Crippen LogP contribution is -2.37. The smallest absolute Gasteiger partial charge is 0.0380 e. The highest BCUT2D eigenvalue weighted by Gasteiger charge is 2.40. The van der Waals surface area contributed by atoms with Crippen molar-refractivity contribution in [2.24, 2.45) is 5.41 Å². The molecule has 110 valence electrons. The van der Waals surface area contributed by atoms with Crippen LogP contribution in [0.4, 0.5) is 0 Å². The molecule has 0 bridgehead atoms. The lowest BCUT2D eigenvalue weighted by Gasteiger charge is -2.31. The van der Waals surface area contributed by atoms with E-state index in [-0.39, 0.29) is 0 Å². The molecule has 0 aromatic heterocycles. The van der Waals surface area contributed by atoms with Crippen molar-refractivity contribution in [2.75, 3.05) is 5.75 Å². The predicted molar refractivity (Wildman–Crippen MR) is 89.4 cm³/mol. The SMILES string of the molecule is CCSC1CCC(NC2c3ccccc3CC2(C)C)C1. The van der Waals surface area contributed by atoms with E-state index in [1.54, 1.807) is 11.1 Å². The predicted octanol–water partition coefficient (Wildman–Crippen LogP) is 4.57. The number of rotatable bonds is 4. The summed E-state index contributed by atoms with van der Waals surface area (Å²) in [4.78, 5) is 0. The van der Waals surface area contributed by atoms with Crippen LogP contribution in [0.3, 0.4) is 0 Å². The van der Waals surface area contributed by atoms with Crippen LogP contribution in [0.2, 0.25) is 0 Å². The third-order valence-corrected chi connectivity index (χ3v) is 6.22. The highest BCUT2D eigenvalue weighted by molar-refractivity contribution is 7.99. The minimum Gasteiger partial charge on any atom is -0.307 e. The van der Waals surface area contributed by atoms with Gasteiger partial charge in [-0.3, -0.25) is 0 Å². The van der Waals surface area contributed by atoms with Gasteiger partial charge >= 0.3 is 0 Å². The van der Waals surface area contributed by atoms with Crippen molar-refractivity contribution in [3.8, 4) is 0 Å². The van der Waals surface area contributed by atoms with Gasteiger partial charge in [0.25, 0.3) is 0 Å². The summed E-state index contributed by atoms with van der Waals surface area (Å²) >= 11 is 2.15. The molecular weight excluding hydrogens is 262 g/mol. The van der Waals surface area contributed by atoms with E-state index >= 15 is 0 Å². The van der Waals surface area contributed by atoms with E-state index < -0.39 is 0 Å². The molecule has 1 N–H and O–H groups in total. The second-order valence-electron chi connectivity index (χ2n) is 7.05. The largest absolute Gasteiger partial charge is 0.307 e. The summed E-state index contributed by atoms with van der Waals surface area (Å²) < 4.78 is 0. The molecule has 3 rings (SSSR count). The van der Waals surface area contributed by atoms with E-state index in [0.29, 0.717) is 11.5 Å². The third kappa shape index (κ3) is 2.78. The second-order valence-corrected chi connectivity index (χ2v) is 8.63. The molecule has 1 saturated carbocycles. The molecule has 3 unspecified atom stereocenters. The molecule has 3 atom stereocenters. The zero-order valence-corrected chi connectivity index (χ0v) is 13.8. The van der Waals surface area contributed by atoms with Crippen LogP contribution in [0.25, 0.3) is 0 Å². The van der Waals surface area contributed by atoms with E-state index in [2.05, 4.69) is 62.1 Å². The fraction of sp³-hybridized carbons (Fsp3) is 0.667. The minimum atomic E-state index is 0.347. The summed E-state index contributed by atoms with van der Waals surface area (Å²) in [7, 11) is 0. The van der Waals surface area contributed by atoms with Crippen molar-refractivity contribution in [1.82, 2.24) is 5.32 Å². The topological polar surface area (TPSA) is 12.0 Å². The summed E-state index contributed by atoms with van der Waals surface area (Å²) in [6, 6.07) is 10.3. The molecule has 0 amide bonds. The van der Waals surface area contributed by atoms with Gasteiger partial charge in [0.2, 0.25) is 0 Å². The first-order valence-corrected chi connectivity index (χ1v) is 9.10. The summed E-state index contributed by atoms with van der Waals surface area (Å²) in [6.07, 6.45) is 5.31. The second kappa shape index (κ2) is 5.73. The van der Waals surface area contributed by atoms with Crippen molar-refractivity contribution in [3.63, 3.8) is 0 Å². The van der Waals surface area contributed by atoms with Gasteiger partial charge in [0.15, 0.2) is 0 Å². The zero-order chi connectivity index (χ0) is 14.2. The summed E-state index contributed by atoms with van der Waals surface area (Å²) in [5.41, 5.74) is 3.44. The van der Waals surface area contributed by atoms with Gasteiger partial charge in [0.05, 0.1) is 0 Å². The molecule has 0 aliphatic heterocycles. The van der Waals surface area contributed by atoms with Crippen LogP contribution in [0.15, 0.2) is 24.3 Å². The minimum absolute atomic E-state index is 0.347. The molecule has 0 radical (unpaired) electrons. The maximum absolute atomic E-state index is 4.00. The first-order chi connectivity index (χ1) is 9.60. The number of hydrogen-bond donors (Lipinski definition) is 1. The van der Waals surface area contributed by atoms with E-state index in [0.717, 1.165) is 11.3 Å². The number of hydrogen-bond acceptors (Lipinski definition) is 2. The highest BCUT2D eigenvalue weighted by atomic mass is 32.2. The molecule has 2 heteroatoms. The zero-order valence-electron chi connectivity index (χ0n) is 13.0. The van der Waals surface area contributed by atoms with Crippen molar-refractivity contribution in [2.45, 2.75) is 63.8 Å². The number of fused-ring (bicyclic) bond motifs is 1. The number of benzene rings is 1. The molecule has 20 heavy (non-hydrogen) atoms. The van der Waals surface area contributed by atoms with Crippen LogP contribution in [-0.4, -0.2) is 17.0 Å². The lowest BCUT2D eigenvalue weighted by atomic mass is 9.85.